The Hall–Kier alpha value is -1.61. The fraction of sp³-hybridized carbons (Fsp3) is 0.438. The average Bonchev–Trinajstić information content (AvgIpc) is 2.88. The van der Waals surface area contributed by atoms with Gasteiger partial charge in [-0.2, -0.15) is 5.10 Å². The molecule has 2 aromatic rings. The van der Waals surface area contributed by atoms with Crippen LogP contribution in [0.2, 0.25) is 0 Å². The van der Waals surface area contributed by atoms with Gasteiger partial charge in [0.25, 0.3) is 0 Å². The summed E-state index contributed by atoms with van der Waals surface area (Å²) in [6, 6.07) is 9.98. The van der Waals surface area contributed by atoms with E-state index in [9.17, 15) is 0 Å². The second-order valence-electron chi connectivity index (χ2n) is 5.70. The summed E-state index contributed by atoms with van der Waals surface area (Å²) in [5.41, 5.74) is 4.06. The Morgan fingerprint density at radius 3 is 2.63 bits per heavy atom. The van der Waals surface area contributed by atoms with Crippen LogP contribution in [-0.2, 0) is 0 Å². The van der Waals surface area contributed by atoms with E-state index in [1.165, 1.54) is 29.5 Å². The number of aromatic nitrogens is 2. The highest BCUT2D eigenvalue weighted by Gasteiger charge is 2.31. The Morgan fingerprint density at radius 2 is 2.00 bits per heavy atom. The Balaban J connectivity index is 1.51. The zero-order chi connectivity index (χ0) is 13.2. The summed E-state index contributed by atoms with van der Waals surface area (Å²) in [6.07, 6.45) is 6.35. The summed E-state index contributed by atoms with van der Waals surface area (Å²) in [6.45, 7) is 4.34. The molecule has 3 rings (SSSR count). The van der Waals surface area contributed by atoms with Crippen molar-refractivity contribution in [1.82, 2.24) is 15.5 Å². The quantitative estimate of drug-likeness (QED) is 0.880. The van der Waals surface area contributed by atoms with Crippen LogP contribution >= 0.6 is 0 Å². The lowest BCUT2D eigenvalue weighted by Gasteiger charge is -2.38. The van der Waals surface area contributed by atoms with Gasteiger partial charge in [-0.1, -0.05) is 29.8 Å². The molecule has 3 nitrogen and oxygen atoms in total. The van der Waals surface area contributed by atoms with Crippen molar-refractivity contribution < 1.29 is 0 Å². The molecule has 2 N–H and O–H groups in total. The van der Waals surface area contributed by atoms with Crippen LogP contribution in [0.25, 0.3) is 0 Å². The van der Waals surface area contributed by atoms with Crippen LogP contribution < -0.4 is 5.32 Å². The molecule has 100 valence electrons. The van der Waals surface area contributed by atoms with Crippen molar-refractivity contribution >= 4 is 0 Å². The van der Waals surface area contributed by atoms with Gasteiger partial charge in [0.1, 0.15) is 0 Å². The van der Waals surface area contributed by atoms with Crippen molar-refractivity contribution in [3.8, 4) is 0 Å². The average molecular weight is 255 g/mol. The highest BCUT2D eigenvalue weighted by Crippen LogP contribution is 2.37. The number of aryl methyl sites for hydroxylation is 1. The minimum atomic E-state index is 0.378. The largest absolute Gasteiger partial charge is 0.307 e. The molecule has 1 aromatic heterocycles. The maximum atomic E-state index is 4.00. The minimum Gasteiger partial charge on any atom is -0.307 e. The summed E-state index contributed by atoms with van der Waals surface area (Å²) in [5, 5.41) is 10.5. The van der Waals surface area contributed by atoms with Crippen LogP contribution in [0.4, 0.5) is 0 Å². The Morgan fingerprint density at radius 1 is 1.26 bits per heavy atom. The van der Waals surface area contributed by atoms with E-state index in [0.717, 1.165) is 5.92 Å². The lowest BCUT2D eigenvalue weighted by molar-refractivity contribution is 0.271. The normalized spacial score (nSPS) is 23.9. The van der Waals surface area contributed by atoms with Gasteiger partial charge < -0.3 is 5.32 Å². The molecule has 1 fully saturated rings. The first-order chi connectivity index (χ1) is 9.22. The van der Waals surface area contributed by atoms with Gasteiger partial charge in [0.05, 0.1) is 6.20 Å². The van der Waals surface area contributed by atoms with Gasteiger partial charge in [0.15, 0.2) is 0 Å². The molecule has 0 spiro atoms. The highest BCUT2D eigenvalue weighted by molar-refractivity contribution is 5.27. The number of nitrogens with one attached hydrogen (secondary N) is 2. The van der Waals surface area contributed by atoms with Crippen molar-refractivity contribution in [2.24, 2.45) is 0 Å². The van der Waals surface area contributed by atoms with E-state index in [-0.39, 0.29) is 0 Å². The van der Waals surface area contributed by atoms with Crippen LogP contribution in [0.15, 0.2) is 36.7 Å². The third kappa shape index (κ3) is 2.71. The Labute approximate surface area is 114 Å². The fourth-order valence-electron chi connectivity index (χ4n) is 2.81. The molecule has 0 aliphatic heterocycles. The van der Waals surface area contributed by atoms with Crippen molar-refractivity contribution in [2.75, 3.05) is 0 Å². The molecule has 1 heterocycles. The van der Waals surface area contributed by atoms with E-state index in [0.29, 0.717) is 12.1 Å². The molecule has 3 heteroatoms. The maximum absolute atomic E-state index is 4.00. The summed E-state index contributed by atoms with van der Waals surface area (Å²) in [4.78, 5) is 0. The first-order valence-corrected chi connectivity index (χ1v) is 7.03. The summed E-state index contributed by atoms with van der Waals surface area (Å²) in [7, 11) is 0. The first-order valence-electron chi connectivity index (χ1n) is 7.03. The SMILES string of the molecule is Cc1ccc(C2CC(NC(C)c3cn[nH]c3)C2)cc1. The molecule has 1 aliphatic carbocycles. The van der Waals surface area contributed by atoms with Crippen LogP contribution in [0.1, 0.15) is 48.4 Å². The molecule has 0 bridgehead atoms. The predicted molar refractivity (Wildman–Crippen MR) is 77.1 cm³/mol. The van der Waals surface area contributed by atoms with E-state index in [2.05, 4.69) is 53.6 Å². The smallest absolute Gasteiger partial charge is 0.0534 e. The molecule has 0 amide bonds. The number of rotatable bonds is 4. The lowest BCUT2D eigenvalue weighted by Crippen LogP contribution is -2.41. The molecule has 1 aromatic carbocycles. The van der Waals surface area contributed by atoms with Crippen LogP contribution in [0.3, 0.4) is 0 Å². The molecule has 1 saturated carbocycles. The van der Waals surface area contributed by atoms with E-state index in [1.807, 2.05) is 12.4 Å². The second kappa shape index (κ2) is 5.17. The number of benzene rings is 1. The summed E-state index contributed by atoms with van der Waals surface area (Å²) < 4.78 is 0. The zero-order valence-electron chi connectivity index (χ0n) is 11.6. The van der Waals surface area contributed by atoms with E-state index >= 15 is 0 Å². The second-order valence-corrected chi connectivity index (χ2v) is 5.70. The fourth-order valence-corrected chi connectivity index (χ4v) is 2.81. The molecule has 1 aliphatic rings. The third-order valence-corrected chi connectivity index (χ3v) is 4.19. The van der Waals surface area contributed by atoms with Crippen molar-refractivity contribution in [3.63, 3.8) is 0 Å². The molecule has 1 unspecified atom stereocenters. The number of nitrogens with zero attached hydrogens (tertiary/aromatic N) is 1. The zero-order valence-corrected chi connectivity index (χ0v) is 11.6. The molecular weight excluding hydrogens is 234 g/mol. The summed E-state index contributed by atoms with van der Waals surface area (Å²) in [5.74, 6) is 0.731. The minimum absolute atomic E-state index is 0.378. The van der Waals surface area contributed by atoms with Crippen molar-refractivity contribution in [3.05, 3.63) is 53.3 Å². The lowest BCUT2D eigenvalue weighted by atomic mass is 9.75. The Bertz CT molecular complexity index is 509. The molecule has 0 radical (unpaired) electrons. The monoisotopic (exact) mass is 255 g/mol. The number of hydrogen-bond donors (Lipinski definition) is 2. The van der Waals surface area contributed by atoms with Crippen LogP contribution in [0, 0.1) is 6.92 Å². The number of hydrogen-bond acceptors (Lipinski definition) is 2. The Kier molecular flexibility index (Phi) is 3.38. The van der Waals surface area contributed by atoms with Gasteiger partial charge in [-0.3, -0.25) is 5.10 Å². The highest BCUT2D eigenvalue weighted by atomic mass is 15.1. The van der Waals surface area contributed by atoms with E-state index in [4.69, 9.17) is 0 Å². The van der Waals surface area contributed by atoms with Crippen molar-refractivity contribution in [1.29, 1.82) is 0 Å². The van der Waals surface area contributed by atoms with Crippen LogP contribution in [-0.4, -0.2) is 16.2 Å². The van der Waals surface area contributed by atoms with Crippen LogP contribution in [0.5, 0.6) is 0 Å². The van der Waals surface area contributed by atoms with Gasteiger partial charge in [-0.05, 0) is 38.2 Å². The van der Waals surface area contributed by atoms with Gasteiger partial charge in [-0.25, -0.2) is 0 Å². The van der Waals surface area contributed by atoms with Crippen molar-refractivity contribution in [2.45, 2.75) is 44.7 Å². The van der Waals surface area contributed by atoms with Gasteiger partial charge >= 0.3 is 0 Å². The number of aromatic amines is 1. The summed E-state index contributed by atoms with van der Waals surface area (Å²) >= 11 is 0. The third-order valence-electron chi connectivity index (χ3n) is 4.19. The molecule has 19 heavy (non-hydrogen) atoms. The topological polar surface area (TPSA) is 40.7 Å². The molecule has 0 saturated heterocycles. The predicted octanol–water partition coefficient (Wildman–Crippen LogP) is 3.31. The van der Waals surface area contributed by atoms with E-state index < -0.39 is 0 Å². The van der Waals surface area contributed by atoms with Gasteiger partial charge in [0, 0.05) is 23.8 Å². The maximum Gasteiger partial charge on any atom is 0.0534 e. The van der Waals surface area contributed by atoms with Gasteiger partial charge in [0.2, 0.25) is 0 Å². The standard InChI is InChI=1S/C16H21N3/c1-11-3-5-13(6-4-11)14-7-16(8-14)19-12(2)15-9-17-18-10-15/h3-6,9-10,12,14,16,19H,7-8H2,1-2H3,(H,17,18). The van der Waals surface area contributed by atoms with Gasteiger partial charge in [-0.15, -0.1) is 0 Å². The molecule has 1 atom stereocenters. The first kappa shape index (κ1) is 12.4. The van der Waals surface area contributed by atoms with E-state index in [1.54, 1.807) is 0 Å². The molecular formula is C16H21N3. The number of H-pyrrole nitrogens is 1.